The number of hydrogen-bond donors (Lipinski definition) is 1. The molecule has 4 aliphatic carbocycles. The van der Waals surface area contributed by atoms with Crippen molar-refractivity contribution < 1.29 is 27.5 Å². The van der Waals surface area contributed by atoms with Crippen LogP contribution in [0.15, 0.2) is 36.5 Å². The van der Waals surface area contributed by atoms with E-state index in [-0.39, 0.29) is 28.2 Å². The summed E-state index contributed by atoms with van der Waals surface area (Å²) in [5, 5.41) is 3.38. The lowest BCUT2D eigenvalue weighted by Gasteiger charge is -2.55. The number of methoxy groups -OCH3 is 1. The number of aromatic nitrogens is 1. The van der Waals surface area contributed by atoms with Crippen LogP contribution in [-0.2, 0) is 22.3 Å². The Kier molecular flexibility index (Phi) is 5.92. The molecule has 0 saturated heterocycles. The molecule has 5 nitrogen and oxygen atoms in total. The van der Waals surface area contributed by atoms with E-state index in [0.29, 0.717) is 27.5 Å². The Morgan fingerprint density at radius 1 is 1.03 bits per heavy atom. The first-order chi connectivity index (χ1) is 18.0. The standard InChI is InChI=1S/C28H28ClF3N2O3S/c1-37-24(36)25-7-10-26(11-8-25,12-9-25)27(13-14-27)33-23(35)20-21-19(38-22(20)29)6-15-34(21)16-17-2-4-18(5-3-17)28(30,31)32/h2-6,15H,7-14,16H2,1H3,(H,33,35). The number of nitrogens with one attached hydrogen (secondary N) is 1. The van der Waals surface area contributed by atoms with Gasteiger partial charge in [-0.25, -0.2) is 0 Å². The number of thiophene rings is 1. The number of nitrogens with zero attached hydrogens (tertiary/aromatic N) is 1. The summed E-state index contributed by atoms with van der Waals surface area (Å²) < 4.78 is 47.1. The molecule has 4 fully saturated rings. The number of ether oxygens (including phenoxy) is 1. The monoisotopic (exact) mass is 564 g/mol. The third-order valence-electron chi connectivity index (χ3n) is 9.40. The normalized spacial score (nSPS) is 25.9. The van der Waals surface area contributed by atoms with Gasteiger partial charge in [-0.3, -0.25) is 9.59 Å². The highest BCUT2D eigenvalue weighted by molar-refractivity contribution is 7.23. The maximum absolute atomic E-state index is 13.8. The summed E-state index contributed by atoms with van der Waals surface area (Å²) in [5.41, 5.74) is 0.418. The molecule has 0 atom stereocenters. The summed E-state index contributed by atoms with van der Waals surface area (Å²) in [6.45, 7) is 0.319. The summed E-state index contributed by atoms with van der Waals surface area (Å²) in [7, 11) is 1.45. The Balaban J connectivity index is 1.24. The van der Waals surface area contributed by atoms with E-state index in [1.54, 1.807) is 0 Å². The molecule has 2 heterocycles. The number of carbonyl (C=O) groups is 2. The molecule has 0 spiro atoms. The van der Waals surface area contributed by atoms with Gasteiger partial charge in [0.25, 0.3) is 5.91 Å². The van der Waals surface area contributed by atoms with Gasteiger partial charge in [-0.2, -0.15) is 13.2 Å². The van der Waals surface area contributed by atoms with Crippen molar-refractivity contribution in [3.63, 3.8) is 0 Å². The second-order valence-electron chi connectivity index (χ2n) is 11.2. The zero-order valence-corrected chi connectivity index (χ0v) is 22.5. The molecule has 0 aliphatic heterocycles. The molecular formula is C28H28ClF3N2O3S. The van der Waals surface area contributed by atoms with Crippen LogP contribution in [0.1, 0.15) is 72.9 Å². The predicted molar refractivity (Wildman–Crippen MR) is 139 cm³/mol. The van der Waals surface area contributed by atoms with E-state index < -0.39 is 11.7 Å². The minimum atomic E-state index is -4.39. The number of hydrogen-bond acceptors (Lipinski definition) is 4. The number of fused-ring (bicyclic) bond motifs is 4. The summed E-state index contributed by atoms with van der Waals surface area (Å²) in [6, 6.07) is 6.95. The second-order valence-corrected chi connectivity index (χ2v) is 12.8. The van der Waals surface area contributed by atoms with Crippen LogP contribution >= 0.6 is 22.9 Å². The van der Waals surface area contributed by atoms with Crippen LogP contribution in [0, 0.1) is 10.8 Å². The Labute approximate surface area is 227 Å². The van der Waals surface area contributed by atoms with Crippen LogP contribution in [0.25, 0.3) is 10.2 Å². The lowest BCUT2D eigenvalue weighted by molar-refractivity contribution is -0.164. The molecule has 1 N–H and O–H groups in total. The third-order valence-corrected chi connectivity index (χ3v) is 10.8. The zero-order valence-electron chi connectivity index (χ0n) is 20.9. The van der Waals surface area contributed by atoms with Crippen LogP contribution in [0.4, 0.5) is 13.2 Å². The van der Waals surface area contributed by atoms with E-state index in [2.05, 4.69) is 5.32 Å². The number of benzene rings is 1. The highest BCUT2D eigenvalue weighted by atomic mass is 35.5. The van der Waals surface area contributed by atoms with E-state index in [0.717, 1.165) is 68.2 Å². The van der Waals surface area contributed by atoms with Gasteiger partial charge in [-0.15, -0.1) is 11.3 Å². The first kappa shape index (κ1) is 25.7. The Morgan fingerprint density at radius 2 is 1.66 bits per heavy atom. The first-order valence-electron chi connectivity index (χ1n) is 12.9. The zero-order chi connectivity index (χ0) is 26.9. The van der Waals surface area contributed by atoms with Crippen LogP contribution in [0.2, 0.25) is 4.34 Å². The second kappa shape index (κ2) is 8.74. The van der Waals surface area contributed by atoms with Gasteiger partial charge in [-0.1, -0.05) is 23.7 Å². The molecule has 38 heavy (non-hydrogen) atoms. The van der Waals surface area contributed by atoms with Crippen LogP contribution in [-0.4, -0.2) is 29.1 Å². The number of esters is 1. The molecule has 4 aliphatic rings. The summed E-state index contributed by atoms with van der Waals surface area (Å²) in [4.78, 5) is 26.2. The van der Waals surface area contributed by atoms with Crippen molar-refractivity contribution >= 4 is 45.0 Å². The van der Waals surface area contributed by atoms with Gasteiger partial charge in [-0.05, 0) is 80.5 Å². The maximum atomic E-state index is 13.8. The molecule has 1 amide bonds. The average Bonchev–Trinajstić information content (AvgIpc) is 3.50. The van der Waals surface area contributed by atoms with Gasteiger partial charge in [0.05, 0.1) is 33.9 Å². The van der Waals surface area contributed by atoms with Crippen LogP contribution < -0.4 is 5.32 Å². The van der Waals surface area contributed by atoms with E-state index in [1.165, 1.54) is 30.6 Å². The van der Waals surface area contributed by atoms with E-state index in [9.17, 15) is 22.8 Å². The minimum Gasteiger partial charge on any atom is -0.469 e. The third kappa shape index (κ3) is 3.96. The molecule has 10 heteroatoms. The SMILES string of the molecule is COC(=O)C12CCC(C3(NC(=O)c4c(Cl)sc5ccn(Cc6ccc(C(F)(F)F)cc6)c45)CC3)(CC1)CC2. The summed E-state index contributed by atoms with van der Waals surface area (Å²) in [5.74, 6) is -0.322. The Bertz CT molecular complexity index is 1400. The highest BCUT2D eigenvalue weighted by Gasteiger charge is 2.65. The van der Waals surface area contributed by atoms with Gasteiger partial charge in [0.2, 0.25) is 0 Å². The minimum absolute atomic E-state index is 0.0255. The first-order valence-corrected chi connectivity index (χ1v) is 14.1. The highest BCUT2D eigenvalue weighted by Crippen LogP contribution is 2.67. The quantitative estimate of drug-likeness (QED) is 0.322. The fourth-order valence-corrected chi connectivity index (χ4v) is 8.34. The van der Waals surface area contributed by atoms with Gasteiger partial charge >= 0.3 is 12.1 Å². The number of amides is 1. The van der Waals surface area contributed by atoms with E-state index in [1.807, 2.05) is 16.8 Å². The largest absolute Gasteiger partial charge is 0.469 e. The molecule has 3 aromatic rings. The average molecular weight is 565 g/mol. The van der Waals surface area contributed by atoms with Crippen molar-refractivity contribution in [3.05, 3.63) is 57.6 Å². The Morgan fingerprint density at radius 3 is 2.21 bits per heavy atom. The molecule has 1 aromatic carbocycles. The molecule has 7 rings (SSSR count). The lowest BCUT2D eigenvalue weighted by Crippen LogP contribution is -2.57. The maximum Gasteiger partial charge on any atom is 0.416 e. The smallest absolute Gasteiger partial charge is 0.416 e. The fourth-order valence-electron chi connectivity index (χ4n) is 6.99. The van der Waals surface area contributed by atoms with Crippen molar-refractivity contribution in [2.75, 3.05) is 7.11 Å². The summed E-state index contributed by atoms with van der Waals surface area (Å²) in [6.07, 6.45) is 4.29. The number of rotatable bonds is 6. The van der Waals surface area contributed by atoms with Gasteiger partial charge in [0.15, 0.2) is 0 Å². The van der Waals surface area contributed by atoms with Crippen molar-refractivity contribution in [1.29, 1.82) is 0 Å². The molecule has 0 radical (unpaired) electrons. The van der Waals surface area contributed by atoms with Crippen molar-refractivity contribution in [1.82, 2.24) is 9.88 Å². The van der Waals surface area contributed by atoms with Gasteiger partial charge in [0.1, 0.15) is 4.34 Å². The van der Waals surface area contributed by atoms with Crippen molar-refractivity contribution in [3.8, 4) is 0 Å². The van der Waals surface area contributed by atoms with E-state index >= 15 is 0 Å². The predicted octanol–water partition coefficient (Wildman–Crippen LogP) is 7.20. The molecule has 2 aromatic heterocycles. The molecular weight excluding hydrogens is 537 g/mol. The molecule has 4 saturated carbocycles. The van der Waals surface area contributed by atoms with Crippen molar-refractivity contribution in [2.24, 2.45) is 10.8 Å². The molecule has 0 unspecified atom stereocenters. The topological polar surface area (TPSA) is 60.3 Å². The van der Waals surface area contributed by atoms with Gasteiger partial charge < -0.3 is 14.6 Å². The van der Waals surface area contributed by atoms with Gasteiger partial charge in [0, 0.05) is 18.3 Å². The van der Waals surface area contributed by atoms with E-state index in [4.69, 9.17) is 16.3 Å². The number of carbonyl (C=O) groups excluding carboxylic acids is 2. The molecule has 202 valence electrons. The Hall–Kier alpha value is -2.52. The summed E-state index contributed by atoms with van der Waals surface area (Å²) >= 11 is 7.93. The van der Waals surface area contributed by atoms with Crippen LogP contribution in [0.5, 0.6) is 0 Å². The number of halogens is 4. The lowest BCUT2D eigenvalue weighted by atomic mass is 9.50. The van der Waals surface area contributed by atoms with Crippen molar-refractivity contribution in [2.45, 2.75) is 69.6 Å². The fraction of sp³-hybridized carbons (Fsp3) is 0.500. The molecule has 2 bridgehead atoms. The number of alkyl halides is 3. The van der Waals surface area contributed by atoms with Crippen LogP contribution in [0.3, 0.4) is 0 Å².